The molecule has 0 aliphatic carbocycles. The minimum absolute atomic E-state index is 0.0762. The van der Waals surface area contributed by atoms with Crippen molar-refractivity contribution in [2.75, 3.05) is 32.9 Å². The van der Waals surface area contributed by atoms with Gasteiger partial charge in [-0.2, -0.15) is 0 Å². The summed E-state index contributed by atoms with van der Waals surface area (Å²) in [5.41, 5.74) is -0.329. The summed E-state index contributed by atoms with van der Waals surface area (Å²) in [4.78, 5) is 53.8. The SMILES string of the molecule is Cc1cn([C@@H]2O[C@@H]3COC(c4ccccc4)O[C@H]3[C@@H](N3CCOCC3)[C@@H]2OC(=O)c2ccc([N+](=O)[O-])cc2)c(=O)[nH]c1=O. The molecule has 0 saturated carbocycles. The number of aryl methyl sites for hydroxylation is 1. The molecule has 0 radical (unpaired) electrons. The van der Waals surface area contributed by atoms with Gasteiger partial charge in [0, 0.05) is 42.5 Å². The summed E-state index contributed by atoms with van der Waals surface area (Å²) in [5, 5.41) is 11.1. The standard InChI is InChI=1S/C29H30N4O10/c1-17-15-32(29(36)30-25(17)34)26-24(42-27(35)18-7-9-20(10-8-18)33(37)38)22(31-11-13-39-14-12-31)23-21(41-26)16-40-28(43-23)19-5-3-2-4-6-19/h2-10,15,21-24,26,28H,11-14,16H2,1H3,(H,30,34,36)/t21-,22-,23-,24+,26-,28?/m1/s1. The lowest BCUT2D eigenvalue weighted by molar-refractivity contribution is -0.384. The highest BCUT2D eigenvalue weighted by Crippen LogP contribution is 2.40. The molecule has 0 bridgehead atoms. The fraction of sp³-hybridized carbons (Fsp3) is 0.414. The second kappa shape index (κ2) is 12.2. The van der Waals surface area contributed by atoms with Crippen LogP contribution in [0.25, 0.3) is 0 Å². The molecule has 1 unspecified atom stereocenters. The van der Waals surface area contributed by atoms with Crippen LogP contribution in [0.5, 0.6) is 0 Å². The fourth-order valence-electron chi connectivity index (χ4n) is 5.69. The first-order chi connectivity index (χ1) is 20.8. The van der Waals surface area contributed by atoms with E-state index in [4.69, 9.17) is 23.7 Å². The Morgan fingerprint density at radius 1 is 1.05 bits per heavy atom. The Hall–Kier alpha value is -4.21. The molecule has 43 heavy (non-hydrogen) atoms. The fourth-order valence-corrected chi connectivity index (χ4v) is 5.69. The van der Waals surface area contributed by atoms with Gasteiger partial charge in [-0.15, -0.1) is 0 Å². The number of nitrogens with zero attached hydrogens (tertiary/aromatic N) is 3. The largest absolute Gasteiger partial charge is 0.452 e. The third-order valence-electron chi connectivity index (χ3n) is 7.84. The maximum atomic E-state index is 13.5. The number of nitro groups is 1. The van der Waals surface area contributed by atoms with Gasteiger partial charge in [0.25, 0.3) is 11.2 Å². The van der Waals surface area contributed by atoms with Crippen molar-refractivity contribution in [2.24, 2.45) is 0 Å². The van der Waals surface area contributed by atoms with Gasteiger partial charge in [0.1, 0.15) is 12.2 Å². The second-order valence-corrected chi connectivity index (χ2v) is 10.5. The highest BCUT2D eigenvalue weighted by Gasteiger charge is 2.54. The van der Waals surface area contributed by atoms with Gasteiger partial charge < -0.3 is 23.7 Å². The molecule has 3 aliphatic heterocycles. The topological polar surface area (TPSA) is 164 Å². The van der Waals surface area contributed by atoms with E-state index in [0.29, 0.717) is 26.3 Å². The Labute approximate surface area is 244 Å². The Kier molecular flexibility index (Phi) is 8.19. The average Bonchev–Trinajstić information content (AvgIpc) is 3.03. The van der Waals surface area contributed by atoms with Crippen molar-refractivity contribution in [3.05, 3.63) is 108 Å². The van der Waals surface area contributed by atoms with Crippen molar-refractivity contribution < 1.29 is 33.4 Å². The van der Waals surface area contributed by atoms with E-state index in [0.717, 1.165) is 5.56 Å². The summed E-state index contributed by atoms with van der Waals surface area (Å²) in [7, 11) is 0. The smallest absolute Gasteiger partial charge is 0.338 e. The van der Waals surface area contributed by atoms with Crippen LogP contribution in [0.3, 0.4) is 0 Å². The van der Waals surface area contributed by atoms with Gasteiger partial charge in [-0.25, -0.2) is 9.59 Å². The van der Waals surface area contributed by atoms with Crippen LogP contribution in [0.2, 0.25) is 0 Å². The highest BCUT2D eigenvalue weighted by atomic mass is 16.7. The van der Waals surface area contributed by atoms with Crippen LogP contribution in [0, 0.1) is 17.0 Å². The average molecular weight is 595 g/mol. The molecule has 3 aromatic rings. The van der Waals surface area contributed by atoms with E-state index in [-0.39, 0.29) is 23.4 Å². The van der Waals surface area contributed by atoms with Gasteiger partial charge in [0.05, 0.1) is 36.3 Å². The number of fused-ring (bicyclic) bond motifs is 1. The molecule has 226 valence electrons. The number of morpholine rings is 1. The summed E-state index contributed by atoms with van der Waals surface area (Å²) in [5.74, 6) is -0.772. The molecule has 14 nitrogen and oxygen atoms in total. The number of carbonyl (C=O) groups excluding carboxylic acids is 1. The van der Waals surface area contributed by atoms with Gasteiger partial charge in [0.2, 0.25) is 0 Å². The molecule has 3 aliphatic rings. The van der Waals surface area contributed by atoms with Crippen molar-refractivity contribution in [3.8, 4) is 0 Å². The van der Waals surface area contributed by atoms with E-state index < -0.39 is 59.0 Å². The Balaban J connectivity index is 1.41. The lowest BCUT2D eigenvalue weighted by Gasteiger charge is -2.52. The lowest BCUT2D eigenvalue weighted by Crippen LogP contribution is -2.68. The number of H-pyrrole nitrogens is 1. The number of aromatic nitrogens is 2. The molecule has 3 fully saturated rings. The number of carbonyl (C=O) groups is 1. The summed E-state index contributed by atoms with van der Waals surface area (Å²) in [6.45, 7) is 3.52. The number of benzene rings is 2. The zero-order valence-corrected chi connectivity index (χ0v) is 23.2. The third-order valence-corrected chi connectivity index (χ3v) is 7.84. The Morgan fingerprint density at radius 3 is 2.47 bits per heavy atom. The van der Waals surface area contributed by atoms with Gasteiger partial charge in [-0.3, -0.25) is 29.4 Å². The maximum Gasteiger partial charge on any atom is 0.338 e. The number of nitro benzene ring substituents is 1. The first-order valence-electron chi connectivity index (χ1n) is 13.9. The lowest BCUT2D eigenvalue weighted by atomic mass is 9.91. The van der Waals surface area contributed by atoms with E-state index >= 15 is 0 Å². The molecule has 4 heterocycles. The molecule has 3 saturated heterocycles. The number of aromatic amines is 1. The number of esters is 1. The molecule has 1 aromatic heterocycles. The molecule has 6 atom stereocenters. The molecule has 0 amide bonds. The predicted molar refractivity (Wildman–Crippen MR) is 148 cm³/mol. The van der Waals surface area contributed by atoms with Gasteiger partial charge >= 0.3 is 11.7 Å². The van der Waals surface area contributed by atoms with E-state index in [1.54, 1.807) is 6.92 Å². The number of hydrogen-bond acceptors (Lipinski definition) is 11. The second-order valence-electron chi connectivity index (χ2n) is 10.5. The highest BCUT2D eigenvalue weighted by molar-refractivity contribution is 5.89. The summed E-state index contributed by atoms with van der Waals surface area (Å²) < 4.78 is 31.9. The molecular formula is C29H30N4O10. The van der Waals surface area contributed by atoms with Crippen LogP contribution >= 0.6 is 0 Å². The van der Waals surface area contributed by atoms with E-state index in [1.807, 2.05) is 30.3 Å². The van der Waals surface area contributed by atoms with Crippen LogP contribution in [-0.2, 0) is 23.7 Å². The number of hydrogen-bond donors (Lipinski definition) is 1. The zero-order chi connectivity index (χ0) is 30.1. The summed E-state index contributed by atoms with van der Waals surface area (Å²) in [6.07, 6.45) is -2.93. The first-order valence-corrected chi connectivity index (χ1v) is 13.9. The van der Waals surface area contributed by atoms with Gasteiger partial charge in [-0.05, 0) is 19.1 Å². The Bertz CT molecular complexity index is 1590. The van der Waals surface area contributed by atoms with Gasteiger partial charge in [0.15, 0.2) is 18.6 Å². The van der Waals surface area contributed by atoms with Gasteiger partial charge in [-0.1, -0.05) is 30.3 Å². The molecule has 2 aromatic carbocycles. The first kappa shape index (κ1) is 28.9. The van der Waals surface area contributed by atoms with Crippen molar-refractivity contribution in [1.82, 2.24) is 14.5 Å². The number of non-ortho nitro benzene ring substituents is 1. The minimum Gasteiger partial charge on any atom is -0.452 e. The quantitative estimate of drug-likeness (QED) is 0.251. The van der Waals surface area contributed by atoms with Crippen LogP contribution in [-0.4, -0.2) is 82.6 Å². The van der Waals surface area contributed by atoms with Crippen LogP contribution < -0.4 is 11.2 Å². The van der Waals surface area contributed by atoms with Crippen LogP contribution in [0.4, 0.5) is 5.69 Å². The van der Waals surface area contributed by atoms with Crippen LogP contribution in [0.15, 0.2) is 70.4 Å². The minimum atomic E-state index is -1.17. The van der Waals surface area contributed by atoms with Crippen molar-refractivity contribution in [1.29, 1.82) is 0 Å². The summed E-state index contributed by atoms with van der Waals surface area (Å²) >= 11 is 0. The predicted octanol–water partition coefficient (Wildman–Crippen LogP) is 1.69. The summed E-state index contributed by atoms with van der Waals surface area (Å²) in [6, 6.07) is 13.8. The normalized spacial score (nSPS) is 27.7. The molecule has 14 heteroatoms. The van der Waals surface area contributed by atoms with E-state index in [1.165, 1.54) is 35.0 Å². The Morgan fingerprint density at radius 2 is 1.77 bits per heavy atom. The molecular weight excluding hydrogens is 564 g/mol. The molecule has 6 rings (SSSR count). The number of ether oxygens (including phenoxy) is 5. The number of nitrogens with one attached hydrogen (secondary N) is 1. The monoisotopic (exact) mass is 594 g/mol. The van der Waals surface area contributed by atoms with Crippen molar-refractivity contribution >= 4 is 11.7 Å². The number of rotatable bonds is 6. The van der Waals surface area contributed by atoms with Crippen LogP contribution in [0.1, 0.15) is 34.0 Å². The molecule has 1 N–H and O–H groups in total. The van der Waals surface area contributed by atoms with Crippen molar-refractivity contribution in [3.63, 3.8) is 0 Å². The van der Waals surface area contributed by atoms with E-state index in [9.17, 15) is 24.5 Å². The molecule has 0 spiro atoms. The zero-order valence-electron chi connectivity index (χ0n) is 23.2. The van der Waals surface area contributed by atoms with E-state index in [2.05, 4.69) is 9.88 Å². The van der Waals surface area contributed by atoms with Crippen molar-refractivity contribution in [2.45, 2.75) is 43.8 Å². The maximum absolute atomic E-state index is 13.5. The third kappa shape index (κ3) is 5.87.